The first kappa shape index (κ1) is 31.0. The molecule has 1 aliphatic rings. The number of anilines is 1. The number of aromatic nitrogens is 1. The Bertz CT molecular complexity index is 1730. The van der Waals surface area contributed by atoms with E-state index >= 15 is 0 Å². The molecule has 1 saturated heterocycles. The highest BCUT2D eigenvalue weighted by atomic mass is 35.5. The quantitative estimate of drug-likeness (QED) is 0.214. The number of hydrogen-bond donors (Lipinski definition) is 1. The smallest absolute Gasteiger partial charge is 0.253 e. The van der Waals surface area contributed by atoms with Crippen LogP contribution >= 0.6 is 23.2 Å². The molecular formula is C34H32Cl2N4O4. The zero-order chi connectivity index (χ0) is 31.2. The number of benzene rings is 3. The lowest BCUT2D eigenvalue weighted by atomic mass is 10.1. The summed E-state index contributed by atoms with van der Waals surface area (Å²) in [5.74, 6) is -0.188. The normalized spacial score (nSPS) is 13.0. The minimum absolute atomic E-state index is 0.0241. The number of para-hydroxylation sites is 1. The Morgan fingerprint density at radius 1 is 1.00 bits per heavy atom. The summed E-state index contributed by atoms with van der Waals surface area (Å²) in [4.78, 5) is 45.7. The number of nitrogens with one attached hydrogen (secondary N) is 1. The van der Waals surface area contributed by atoms with Crippen molar-refractivity contribution in [1.82, 2.24) is 15.2 Å². The average Bonchev–Trinajstić information content (AvgIpc) is 3.57. The van der Waals surface area contributed by atoms with Gasteiger partial charge in [-0.1, -0.05) is 53.5 Å². The molecule has 0 saturated carbocycles. The maximum atomic E-state index is 13.0. The van der Waals surface area contributed by atoms with E-state index in [1.165, 1.54) is 11.0 Å². The van der Waals surface area contributed by atoms with Crippen LogP contribution in [0.4, 0.5) is 5.69 Å². The Morgan fingerprint density at radius 2 is 1.75 bits per heavy atom. The number of hydrogen-bond acceptors (Lipinski definition) is 5. The number of nitrogens with zero attached hydrogens (tertiary/aromatic N) is 3. The summed E-state index contributed by atoms with van der Waals surface area (Å²) in [6.45, 7) is 3.32. The van der Waals surface area contributed by atoms with E-state index in [9.17, 15) is 14.4 Å². The highest BCUT2D eigenvalue weighted by Crippen LogP contribution is 2.35. The summed E-state index contributed by atoms with van der Waals surface area (Å²) in [6.07, 6.45) is 5.04. The number of likely N-dealkylation sites (N-methyl/N-ethyl adjacent to an activating group) is 1. The fraction of sp³-hybridized carbons (Fsp3) is 0.235. The maximum absolute atomic E-state index is 13.0. The summed E-state index contributed by atoms with van der Waals surface area (Å²) in [5.41, 5.74) is 3.94. The van der Waals surface area contributed by atoms with Crippen LogP contribution in [-0.4, -0.2) is 54.3 Å². The first-order valence-electron chi connectivity index (χ1n) is 14.3. The van der Waals surface area contributed by atoms with Crippen LogP contribution in [0.15, 0.2) is 72.8 Å². The molecule has 1 fully saturated rings. The molecule has 2 heterocycles. The second-order valence-electron chi connectivity index (χ2n) is 10.6. The van der Waals surface area contributed by atoms with Crippen LogP contribution in [0.1, 0.15) is 40.0 Å². The van der Waals surface area contributed by atoms with Crippen molar-refractivity contribution < 1.29 is 19.1 Å². The third-order valence-electron chi connectivity index (χ3n) is 7.49. The van der Waals surface area contributed by atoms with E-state index in [2.05, 4.69) is 10.3 Å². The fourth-order valence-electron chi connectivity index (χ4n) is 4.95. The van der Waals surface area contributed by atoms with Crippen molar-refractivity contribution >= 4 is 63.6 Å². The van der Waals surface area contributed by atoms with Gasteiger partial charge >= 0.3 is 0 Å². The van der Waals surface area contributed by atoms with Crippen molar-refractivity contribution in [2.24, 2.45) is 0 Å². The SMILES string of the molecule is Cc1ccc2cccc(OCc3c(Cl)ccc(N(C)C(=O)CNC(=O)/C=C/c4ccc(C(=O)N5CCCC5)cc4)c3Cl)c2n1. The molecule has 1 N–H and O–H groups in total. The molecule has 4 aromatic rings. The van der Waals surface area contributed by atoms with E-state index in [1.54, 1.807) is 49.5 Å². The molecule has 1 aromatic heterocycles. The number of halogens is 2. The topological polar surface area (TPSA) is 91.8 Å². The van der Waals surface area contributed by atoms with Gasteiger partial charge in [0, 0.05) is 53.4 Å². The van der Waals surface area contributed by atoms with Gasteiger partial charge in [0.05, 0.1) is 17.3 Å². The summed E-state index contributed by atoms with van der Waals surface area (Å²) in [6, 6.07) is 20.0. The Balaban J connectivity index is 1.18. The van der Waals surface area contributed by atoms with E-state index < -0.39 is 5.91 Å². The van der Waals surface area contributed by atoms with Gasteiger partial charge in [-0.2, -0.15) is 0 Å². The van der Waals surface area contributed by atoms with Gasteiger partial charge in [-0.15, -0.1) is 0 Å². The average molecular weight is 632 g/mol. The van der Waals surface area contributed by atoms with Crippen LogP contribution in [0.3, 0.4) is 0 Å². The van der Waals surface area contributed by atoms with Crippen LogP contribution in [0.2, 0.25) is 10.0 Å². The second kappa shape index (κ2) is 13.9. The van der Waals surface area contributed by atoms with Gasteiger partial charge in [-0.25, -0.2) is 4.98 Å². The molecule has 0 bridgehead atoms. The van der Waals surface area contributed by atoms with Crippen molar-refractivity contribution in [3.63, 3.8) is 0 Å². The minimum atomic E-state index is -0.431. The summed E-state index contributed by atoms with van der Waals surface area (Å²) < 4.78 is 6.08. The van der Waals surface area contributed by atoms with Gasteiger partial charge in [0.1, 0.15) is 17.9 Å². The molecule has 0 spiro atoms. The molecule has 5 rings (SSSR count). The molecule has 44 heavy (non-hydrogen) atoms. The van der Waals surface area contributed by atoms with E-state index in [-0.39, 0.29) is 30.0 Å². The number of ether oxygens (including phenoxy) is 1. The predicted molar refractivity (Wildman–Crippen MR) is 174 cm³/mol. The molecule has 226 valence electrons. The first-order chi connectivity index (χ1) is 21.2. The molecule has 0 radical (unpaired) electrons. The molecule has 8 nitrogen and oxygen atoms in total. The fourth-order valence-corrected chi connectivity index (χ4v) is 5.55. The van der Waals surface area contributed by atoms with Gasteiger partial charge in [0.25, 0.3) is 5.91 Å². The number of carbonyl (C=O) groups is 3. The Morgan fingerprint density at radius 3 is 2.50 bits per heavy atom. The number of carbonyl (C=O) groups excluding carboxylic acids is 3. The molecular weight excluding hydrogens is 599 g/mol. The molecule has 1 aliphatic heterocycles. The van der Waals surface area contributed by atoms with Crippen LogP contribution in [0, 0.1) is 6.92 Å². The lowest BCUT2D eigenvalue weighted by molar-refractivity contribution is -0.122. The van der Waals surface area contributed by atoms with Crippen molar-refractivity contribution in [3.05, 3.63) is 105 Å². The third kappa shape index (κ3) is 7.21. The van der Waals surface area contributed by atoms with Crippen molar-refractivity contribution in [2.75, 3.05) is 31.6 Å². The number of amides is 3. The second-order valence-corrected chi connectivity index (χ2v) is 11.3. The van der Waals surface area contributed by atoms with Crippen molar-refractivity contribution in [1.29, 1.82) is 0 Å². The largest absolute Gasteiger partial charge is 0.487 e. The summed E-state index contributed by atoms with van der Waals surface area (Å²) in [7, 11) is 1.58. The van der Waals surface area contributed by atoms with Crippen LogP contribution in [0.25, 0.3) is 17.0 Å². The zero-order valence-corrected chi connectivity index (χ0v) is 26.0. The Labute approximate surface area is 266 Å². The minimum Gasteiger partial charge on any atom is -0.487 e. The van der Waals surface area contributed by atoms with Gasteiger partial charge < -0.3 is 19.9 Å². The monoisotopic (exact) mass is 630 g/mol. The Hall–Kier alpha value is -4.40. The summed E-state index contributed by atoms with van der Waals surface area (Å²) in [5, 5.41) is 4.23. The predicted octanol–water partition coefficient (Wildman–Crippen LogP) is 6.46. The third-order valence-corrected chi connectivity index (χ3v) is 8.26. The van der Waals surface area contributed by atoms with Crippen LogP contribution in [0.5, 0.6) is 5.75 Å². The standard InChI is InChI=1S/C34H32Cl2N4O4/c1-22-8-12-24-6-5-7-29(33(24)38-22)44-21-26-27(35)15-16-28(32(26)36)39(2)31(42)20-37-30(41)17-11-23-9-13-25(14-10-23)34(43)40-18-3-4-19-40/h5-17H,3-4,18-21H2,1-2H3,(H,37,41)/b17-11+. The molecule has 10 heteroatoms. The van der Waals surface area contributed by atoms with Gasteiger partial charge in [-0.05, 0) is 67.8 Å². The maximum Gasteiger partial charge on any atom is 0.253 e. The number of pyridine rings is 1. The lowest BCUT2D eigenvalue weighted by Crippen LogP contribution is -2.37. The van der Waals surface area contributed by atoms with E-state index in [0.717, 1.165) is 48.1 Å². The van der Waals surface area contributed by atoms with Crippen LogP contribution in [-0.2, 0) is 16.2 Å². The van der Waals surface area contributed by atoms with Gasteiger partial charge in [-0.3, -0.25) is 14.4 Å². The Kier molecular flexibility index (Phi) is 9.82. The van der Waals surface area contributed by atoms with Crippen LogP contribution < -0.4 is 15.0 Å². The van der Waals surface area contributed by atoms with E-state index in [1.807, 2.05) is 42.2 Å². The number of fused-ring (bicyclic) bond motifs is 1. The zero-order valence-electron chi connectivity index (χ0n) is 24.5. The number of aryl methyl sites for hydroxylation is 1. The molecule has 0 unspecified atom stereocenters. The summed E-state index contributed by atoms with van der Waals surface area (Å²) >= 11 is 13.2. The molecule has 0 atom stereocenters. The van der Waals surface area contributed by atoms with Gasteiger partial charge in [0.15, 0.2) is 0 Å². The van der Waals surface area contributed by atoms with E-state index in [4.69, 9.17) is 27.9 Å². The van der Waals surface area contributed by atoms with Gasteiger partial charge in [0.2, 0.25) is 11.8 Å². The van der Waals surface area contributed by atoms with Crippen molar-refractivity contribution in [2.45, 2.75) is 26.4 Å². The molecule has 0 aliphatic carbocycles. The highest BCUT2D eigenvalue weighted by molar-refractivity contribution is 6.38. The molecule has 3 amide bonds. The number of likely N-dealkylation sites (tertiary alicyclic amines) is 1. The first-order valence-corrected chi connectivity index (χ1v) is 15.0. The lowest BCUT2D eigenvalue weighted by Gasteiger charge is -2.21. The molecule has 3 aromatic carbocycles. The number of rotatable bonds is 9. The van der Waals surface area contributed by atoms with Crippen molar-refractivity contribution in [3.8, 4) is 5.75 Å². The van der Waals surface area contributed by atoms with E-state index in [0.29, 0.717) is 27.6 Å². The highest BCUT2D eigenvalue weighted by Gasteiger charge is 2.20.